The third-order valence-corrected chi connectivity index (χ3v) is 5.16. The Bertz CT molecular complexity index is 411. The topological polar surface area (TPSA) is 75.9 Å². The van der Waals surface area contributed by atoms with Gasteiger partial charge in [-0.25, -0.2) is 13.6 Å². The first-order chi connectivity index (χ1) is 9.82. The predicted molar refractivity (Wildman–Crippen MR) is 83.6 cm³/mol. The van der Waals surface area contributed by atoms with Crippen molar-refractivity contribution < 1.29 is 13.2 Å². The third-order valence-electron chi connectivity index (χ3n) is 4.41. The van der Waals surface area contributed by atoms with E-state index in [0.29, 0.717) is 24.7 Å². The maximum Gasteiger partial charge on any atom is 0.210 e. The predicted octanol–water partition coefficient (Wildman–Crippen LogP) is 0.0961. The molecular weight excluding hydrogens is 290 g/mol. The van der Waals surface area contributed by atoms with E-state index in [1.54, 1.807) is 0 Å². The molecule has 2 aliphatic rings. The Labute approximate surface area is 128 Å². The van der Waals surface area contributed by atoms with Gasteiger partial charge in [-0.1, -0.05) is 0 Å². The highest BCUT2D eigenvalue weighted by Gasteiger charge is 2.26. The zero-order valence-electron chi connectivity index (χ0n) is 13.2. The van der Waals surface area contributed by atoms with Gasteiger partial charge in [0, 0.05) is 26.2 Å². The lowest BCUT2D eigenvalue weighted by molar-refractivity contribution is -0.0731. The minimum absolute atomic E-state index is 0.0656. The summed E-state index contributed by atoms with van der Waals surface area (Å²) >= 11 is 0. The Balaban J connectivity index is 1.69. The maximum absolute atomic E-state index is 11.0. The normalized spacial score (nSPS) is 30.6. The number of likely N-dealkylation sites (tertiary alicyclic amines) is 1. The van der Waals surface area contributed by atoms with Gasteiger partial charge in [-0.3, -0.25) is 4.90 Å². The minimum atomic E-state index is -3.34. The van der Waals surface area contributed by atoms with Gasteiger partial charge >= 0.3 is 0 Å². The van der Waals surface area contributed by atoms with Gasteiger partial charge in [-0.15, -0.1) is 0 Å². The molecule has 2 aliphatic heterocycles. The molecule has 0 saturated carbocycles. The number of nitrogens with two attached hydrogens (primary N) is 1. The quantitative estimate of drug-likeness (QED) is 0.777. The SMILES string of the molecule is C[C@@H]1CN(CC2CCN(CCS(N)(=O)=O)CC2)C[C@H](C)O1. The van der Waals surface area contributed by atoms with Crippen LogP contribution >= 0.6 is 0 Å². The number of rotatable bonds is 5. The summed E-state index contributed by atoms with van der Waals surface area (Å²) in [5.74, 6) is 0.782. The highest BCUT2D eigenvalue weighted by Crippen LogP contribution is 2.20. The lowest BCUT2D eigenvalue weighted by Crippen LogP contribution is -2.48. The highest BCUT2D eigenvalue weighted by molar-refractivity contribution is 7.89. The molecule has 0 amide bonds. The minimum Gasteiger partial charge on any atom is -0.373 e. The fraction of sp³-hybridized carbons (Fsp3) is 1.00. The van der Waals surface area contributed by atoms with Crippen LogP contribution in [0, 0.1) is 5.92 Å². The average Bonchev–Trinajstić information content (AvgIpc) is 2.36. The number of hydrogen-bond acceptors (Lipinski definition) is 5. The van der Waals surface area contributed by atoms with E-state index in [1.807, 2.05) is 0 Å². The molecule has 0 aromatic rings. The van der Waals surface area contributed by atoms with Crippen LogP contribution in [0.5, 0.6) is 0 Å². The van der Waals surface area contributed by atoms with E-state index >= 15 is 0 Å². The van der Waals surface area contributed by atoms with Crippen LogP contribution in [0.2, 0.25) is 0 Å². The van der Waals surface area contributed by atoms with E-state index in [-0.39, 0.29) is 5.75 Å². The van der Waals surface area contributed by atoms with Gasteiger partial charge in [-0.05, 0) is 45.7 Å². The van der Waals surface area contributed by atoms with Crippen LogP contribution in [-0.4, -0.2) is 75.4 Å². The van der Waals surface area contributed by atoms with Crippen molar-refractivity contribution in [2.24, 2.45) is 11.1 Å². The Kier molecular flexibility index (Phi) is 6.02. The molecule has 0 radical (unpaired) electrons. The molecule has 124 valence electrons. The molecule has 0 unspecified atom stereocenters. The first-order valence-corrected chi connectivity index (χ1v) is 9.64. The second-order valence-electron chi connectivity index (χ2n) is 6.63. The number of sulfonamides is 1. The molecule has 21 heavy (non-hydrogen) atoms. The van der Waals surface area contributed by atoms with E-state index in [4.69, 9.17) is 9.88 Å². The second-order valence-corrected chi connectivity index (χ2v) is 8.36. The summed E-state index contributed by atoms with van der Waals surface area (Å²) in [5, 5.41) is 5.06. The Morgan fingerprint density at radius 1 is 1.10 bits per heavy atom. The summed E-state index contributed by atoms with van der Waals surface area (Å²) < 4.78 is 27.8. The number of primary sulfonamides is 1. The Morgan fingerprint density at radius 2 is 1.67 bits per heavy atom. The molecule has 2 rings (SSSR count). The number of ether oxygens (including phenoxy) is 1. The molecule has 2 atom stereocenters. The number of hydrogen-bond donors (Lipinski definition) is 1. The van der Waals surface area contributed by atoms with Crippen molar-refractivity contribution in [3.05, 3.63) is 0 Å². The molecule has 2 N–H and O–H groups in total. The van der Waals surface area contributed by atoms with Crippen LogP contribution in [-0.2, 0) is 14.8 Å². The van der Waals surface area contributed by atoms with Crippen LogP contribution in [0.15, 0.2) is 0 Å². The van der Waals surface area contributed by atoms with E-state index in [0.717, 1.165) is 45.6 Å². The maximum atomic E-state index is 11.0. The van der Waals surface area contributed by atoms with Crippen molar-refractivity contribution in [3.8, 4) is 0 Å². The van der Waals surface area contributed by atoms with Crippen LogP contribution in [0.25, 0.3) is 0 Å². The smallest absolute Gasteiger partial charge is 0.210 e. The van der Waals surface area contributed by atoms with Crippen molar-refractivity contribution in [2.75, 3.05) is 45.0 Å². The molecule has 2 saturated heterocycles. The van der Waals surface area contributed by atoms with Gasteiger partial charge in [0.05, 0.1) is 18.0 Å². The largest absolute Gasteiger partial charge is 0.373 e. The monoisotopic (exact) mass is 319 g/mol. The van der Waals surface area contributed by atoms with Gasteiger partial charge in [0.15, 0.2) is 0 Å². The third kappa shape index (κ3) is 6.20. The first kappa shape index (κ1) is 17.1. The van der Waals surface area contributed by atoms with E-state index < -0.39 is 10.0 Å². The van der Waals surface area contributed by atoms with Gasteiger partial charge < -0.3 is 9.64 Å². The molecule has 6 nitrogen and oxygen atoms in total. The Morgan fingerprint density at radius 3 is 2.19 bits per heavy atom. The number of piperidine rings is 1. The van der Waals surface area contributed by atoms with Gasteiger partial charge in [-0.2, -0.15) is 0 Å². The fourth-order valence-electron chi connectivity index (χ4n) is 3.45. The molecule has 2 fully saturated rings. The van der Waals surface area contributed by atoms with E-state index in [9.17, 15) is 8.42 Å². The molecule has 0 aromatic heterocycles. The van der Waals surface area contributed by atoms with Crippen LogP contribution < -0.4 is 5.14 Å². The van der Waals surface area contributed by atoms with Crippen LogP contribution in [0.3, 0.4) is 0 Å². The molecule has 0 bridgehead atoms. The van der Waals surface area contributed by atoms with Crippen LogP contribution in [0.1, 0.15) is 26.7 Å². The van der Waals surface area contributed by atoms with Crippen molar-refractivity contribution in [2.45, 2.75) is 38.9 Å². The summed E-state index contributed by atoms with van der Waals surface area (Å²) in [4.78, 5) is 4.73. The van der Waals surface area contributed by atoms with E-state index in [2.05, 4.69) is 23.6 Å². The molecule has 0 aromatic carbocycles. The zero-order chi connectivity index (χ0) is 15.5. The van der Waals surface area contributed by atoms with Crippen molar-refractivity contribution in [1.29, 1.82) is 0 Å². The summed E-state index contributed by atoms with van der Waals surface area (Å²) in [6.45, 7) is 9.99. The molecule has 7 heteroatoms. The van der Waals surface area contributed by atoms with E-state index in [1.165, 1.54) is 0 Å². The first-order valence-electron chi connectivity index (χ1n) is 7.92. The number of nitrogens with zero attached hydrogens (tertiary/aromatic N) is 2. The highest BCUT2D eigenvalue weighted by atomic mass is 32.2. The summed E-state index contributed by atoms with van der Waals surface area (Å²) in [6, 6.07) is 0. The van der Waals surface area contributed by atoms with Crippen LogP contribution in [0.4, 0.5) is 0 Å². The number of morpholine rings is 1. The second kappa shape index (κ2) is 7.37. The standard InChI is InChI=1S/C14H29N3O3S/c1-12-9-17(10-13(2)20-12)11-14-3-5-16(6-4-14)7-8-21(15,18)19/h12-14H,3-11H2,1-2H3,(H2,15,18,19)/t12-,13+. The molecular formula is C14H29N3O3S. The molecule has 0 spiro atoms. The van der Waals surface area contributed by atoms with Crippen molar-refractivity contribution in [1.82, 2.24) is 9.80 Å². The fourth-order valence-corrected chi connectivity index (χ4v) is 3.96. The lowest BCUT2D eigenvalue weighted by Gasteiger charge is -2.39. The zero-order valence-corrected chi connectivity index (χ0v) is 14.0. The summed E-state index contributed by atoms with van der Waals surface area (Å²) in [7, 11) is -3.34. The Hall–Kier alpha value is -0.210. The molecule has 0 aliphatic carbocycles. The summed E-state index contributed by atoms with van der Waals surface area (Å²) in [6.07, 6.45) is 2.93. The summed E-state index contributed by atoms with van der Waals surface area (Å²) in [5.41, 5.74) is 0. The lowest BCUT2D eigenvalue weighted by atomic mass is 9.95. The van der Waals surface area contributed by atoms with Crippen molar-refractivity contribution in [3.63, 3.8) is 0 Å². The average molecular weight is 319 g/mol. The van der Waals surface area contributed by atoms with Gasteiger partial charge in [0.1, 0.15) is 0 Å². The van der Waals surface area contributed by atoms with Gasteiger partial charge in [0.2, 0.25) is 10.0 Å². The van der Waals surface area contributed by atoms with Crippen molar-refractivity contribution >= 4 is 10.0 Å². The van der Waals surface area contributed by atoms with Gasteiger partial charge in [0.25, 0.3) is 0 Å². The molecule has 2 heterocycles.